The van der Waals surface area contributed by atoms with Gasteiger partial charge in [-0.05, 0) is 66.8 Å². The van der Waals surface area contributed by atoms with Crippen molar-refractivity contribution in [2.24, 2.45) is 17.8 Å². The van der Waals surface area contributed by atoms with Gasteiger partial charge in [0.15, 0.2) is 0 Å². The summed E-state index contributed by atoms with van der Waals surface area (Å²) in [6.45, 7) is 11.8. The van der Waals surface area contributed by atoms with Crippen molar-refractivity contribution in [1.29, 1.82) is 0 Å². The van der Waals surface area contributed by atoms with Crippen molar-refractivity contribution in [3.63, 3.8) is 0 Å². The van der Waals surface area contributed by atoms with E-state index in [1.165, 1.54) is 19.5 Å². The zero-order valence-electron chi connectivity index (χ0n) is 17.0. The van der Waals surface area contributed by atoms with Crippen LogP contribution in [0.4, 0.5) is 0 Å². The van der Waals surface area contributed by atoms with Gasteiger partial charge in [0.25, 0.3) is 0 Å². The molecular weight excluding hydrogens is 338 g/mol. The number of hydrogen-bond donors (Lipinski definition) is 3. The molecule has 1 fully saturated rings. The number of nitrogens with zero attached hydrogens (tertiary/aromatic N) is 1. The first-order valence-corrected chi connectivity index (χ1v) is 10.4. The summed E-state index contributed by atoms with van der Waals surface area (Å²) in [4.78, 5) is 15.1. The first-order chi connectivity index (χ1) is 12.9. The SMILES string of the molecule is CC(CCN1CC(C)CC(C)C1)CNC(=O)[C@H]1Cc2ccc(O)cc2CN1. The molecule has 2 heterocycles. The number of carbonyl (C=O) groups is 1. The molecule has 2 aliphatic rings. The first kappa shape index (κ1) is 20.2. The van der Waals surface area contributed by atoms with Crippen molar-refractivity contribution in [3.8, 4) is 5.75 Å². The maximum Gasteiger partial charge on any atom is 0.237 e. The first-order valence-electron chi connectivity index (χ1n) is 10.4. The van der Waals surface area contributed by atoms with Crippen molar-refractivity contribution in [2.45, 2.75) is 52.6 Å². The molecular formula is C22H35N3O2. The smallest absolute Gasteiger partial charge is 0.237 e. The summed E-state index contributed by atoms with van der Waals surface area (Å²) in [5.41, 5.74) is 2.23. The second-order valence-electron chi connectivity index (χ2n) is 8.94. The number of amides is 1. The number of carbonyl (C=O) groups excluding carboxylic acids is 1. The molecule has 3 N–H and O–H groups in total. The van der Waals surface area contributed by atoms with E-state index in [0.29, 0.717) is 18.9 Å². The Kier molecular flexibility index (Phi) is 6.77. The van der Waals surface area contributed by atoms with Gasteiger partial charge in [-0.3, -0.25) is 4.79 Å². The number of benzene rings is 1. The molecule has 1 aromatic rings. The Morgan fingerprint density at radius 1 is 1.30 bits per heavy atom. The van der Waals surface area contributed by atoms with Crippen LogP contribution in [0.15, 0.2) is 18.2 Å². The number of aromatic hydroxyl groups is 1. The average Bonchev–Trinajstić information content (AvgIpc) is 2.63. The van der Waals surface area contributed by atoms with Gasteiger partial charge in [-0.25, -0.2) is 0 Å². The highest BCUT2D eigenvalue weighted by Gasteiger charge is 2.25. The standard InChI is InChI=1S/C22H35N3O2/c1-15(6-7-25-13-16(2)8-17(3)14-25)11-24-22(27)21-10-18-4-5-20(26)9-19(18)12-23-21/h4-5,9,15-17,21,23,26H,6-8,10-14H2,1-3H3,(H,24,27)/t15?,16?,17?,21-/m1/s1. The molecule has 0 bridgehead atoms. The highest BCUT2D eigenvalue weighted by molar-refractivity contribution is 5.82. The van der Waals surface area contributed by atoms with Crippen molar-refractivity contribution in [1.82, 2.24) is 15.5 Å². The highest BCUT2D eigenvalue weighted by atomic mass is 16.3. The fourth-order valence-electron chi connectivity index (χ4n) is 4.56. The Labute approximate surface area is 163 Å². The molecule has 150 valence electrons. The topological polar surface area (TPSA) is 64.6 Å². The molecule has 5 heteroatoms. The summed E-state index contributed by atoms with van der Waals surface area (Å²) < 4.78 is 0. The predicted molar refractivity (Wildman–Crippen MR) is 109 cm³/mol. The molecule has 27 heavy (non-hydrogen) atoms. The van der Waals surface area contributed by atoms with Crippen LogP contribution in [0.1, 0.15) is 44.7 Å². The molecule has 0 radical (unpaired) electrons. The molecule has 1 aromatic carbocycles. The van der Waals surface area contributed by atoms with Crippen LogP contribution in [0, 0.1) is 17.8 Å². The minimum atomic E-state index is -0.182. The third-order valence-corrected chi connectivity index (χ3v) is 5.98. The monoisotopic (exact) mass is 373 g/mol. The Bertz CT molecular complexity index is 638. The number of phenolic OH excluding ortho intramolecular Hbond substituents is 1. The van der Waals surface area contributed by atoms with Gasteiger partial charge in [0, 0.05) is 26.2 Å². The highest BCUT2D eigenvalue weighted by Crippen LogP contribution is 2.22. The minimum absolute atomic E-state index is 0.0841. The molecule has 2 aliphatic heterocycles. The molecule has 0 spiro atoms. The van der Waals surface area contributed by atoms with Crippen LogP contribution in [0.3, 0.4) is 0 Å². The maximum absolute atomic E-state index is 12.5. The number of nitrogens with one attached hydrogen (secondary N) is 2. The van der Waals surface area contributed by atoms with E-state index in [2.05, 4.69) is 36.3 Å². The third kappa shape index (κ3) is 5.69. The molecule has 4 atom stereocenters. The largest absolute Gasteiger partial charge is 0.508 e. The Morgan fingerprint density at radius 3 is 2.78 bits per heavy atom. The number of hydrogen-bond acceptors (Lipinski definition) is 4. The van der Waals surface area contributed by atoms with Crippen molar-refractivity contribution in [3.05, 3.63) is 29.3 Å². The van der Waals surface area contributed by atoms with Crippen LogP contribution in [0.2, 0.25) is 0 Å². The van der Waals surface area contributed by atoms with Gasteiger partial charge in [0.05, 0.1) is 6.04 Å². The summed E-state index contributed by atoms with van der Waals surface area (Å²) in [6, 6.07) is 5.22. The van der Waals surface area contributed by atoms with Crippen LogP contribution < -0.4 is 10.6 Å². The quantitative estimate of drug-likeness (QED) is 0.717. The van der Waals surface area contributed by atoms with Gasteiger partial charge in [-0.15, -0.1) is 0 Å². The van der Waals surface area contributed by atoms with E-state index in [1.54, 1.807) is 12.1 Å². The van der Waals surface area contributed by atoms with Gasteiger partial charge < -0.3 is 20.6 Å². The van der Waals surface area contributed by atoms with Gasteiger partial charge in [-0.1, -0.05) is 26.8 Å². The lowest BCUT2D eigenvalue weighted by Gasteiger charge is -2.35. The molecule has 5 nitrogen and oxygen atoms in total. The lowest BCUT2D eigenvalue weighted by atomic mass is 9.91. The van der Waals surface area contributed by atoms with E-state index < -0.39 is 0 Å². The van der Waals surface area contributed by atoms with E-state index >= 15 is 0 Å². The molecule has 3 rings (SSSR count). The number of rotatable bonds is 6. The number of piperidine rings is 1. The molecule has 0 saturated carbocycles. The van der Waals surface area contributed by atoms with Gasteiger partial charge in [0.1, 0.15) is 5.75 Å². The second-order valence-corrected chi connectivity index (χ2v) is 8.94. The second kappa shape index (κ2) is 9.07. The van der Waals surface area contributed by atoms with Crippen LogP contribution in [0.25, 0.3) is 0 Å². The van der Waals surface area contributed by atoms with Crippen molar-refractivity contribution < 1.29 is 9.90 Å². The van der Waals surface area contributed by atoms with Crippen LogP contribution in [0.5, 0.6) is 5.75 Å². The van der Waals surface area contributed by atoms with E-state index in [4.69, 9.17) is 0 Å². The fraction of sp³-hybridized carbons (Fsp3) is 0.682. The maximum atomic E-state index is 12.5. The van der Waals surface area contributed by atoms with Crippen LogP contribution in [-0.4, -0.2) is 48.1 Å². The number of phenols is 1. The van der Waals surface area contributed by atoms with E-state index in [-0.39, 0.29) is 17.7 Å². The Hall–Kier alpha value is -1.59. The Morgan fingerprint density at radius 2 is 2.04 bits per heavy atom. The van der Waals surface area contributed by atoms with Gasteiger partial charge in [0.2, 0.25) is 5.91 Å². The third-order valence-electron chi connectivity index (χ3n) is 5.98. The van der Waals surface area contributed by atoms with Crippen LogP contribution in [-0.2, 0) is 17.8 Å². The van der Waals surface area contributed by atoms with Crippen LogP contribution >= 0.6 is 0 Å². The molecule has 0 aliphatic carbocycles. The summed E-state index contributed by atoms with van der Waals surface area (Å²) >= 11 is 0. The summed E-state index contributed by atoms with van der Waals surface area (Å²) in [5, 5.41) is 16.0. The normalized spacial score (nSPS) is 27.0. The van der Waals surface area contributed by atoms with E-state index in [1.807, 2.05) is 6.07 Å². The minimum Gasteiger partial charge on any atom is -0.508 e. The molecule has 3 unspecified atom stereocenters. The average molecular weight is 374 g/mol. The van der Waals surface area contributed by atoms with Crippen molar-refractivity contribution in [2.75, 3.05) is 26.2 Å². The fourth-order valence-corrected chi connectivity index (χ4v) is 4.56. The van der Waals surface area contributed by atoms with Crippen molar-refractivity contribution >= 4 is 5.91 Å². The van der Waals surface area contributed by atoms with Gasteiger partial charge in [-0.2, -0.15) is 0 Å². The number of fused-ring (bicyclic) bond motifs is 1. The summed E-state index contributed by atoms with van der Waals surface area (Å²) in [7, 11) is 0. The zero-order chi connectivity index (χ0) is 19.4. The van der Waals surface area contributed by atoms with E-state index in [0.717, 1.165) is 42.5 Å². The summed E-state index contributed by atoms with van der Waals surface area (Å²) in [5.74, 6) is 2.44. The lowest BCUT2D eigenvalue weighted by molar-refractivity contribution is -0.123. The predicted octanol–water partition coefficient (Wildman–Crippen LogP) is 2.53. The van der Waals surface area contributed by atoms with E-state index in [9.17, 15) is 9.90 Å². The molecule has 1 amide bonds. The molecule has 0 aromatic heterocycles. The molecule has 1 saturated heterocycles. The Balaban J connectivity index is 1.39. The lowest BCUT2D eigenvalue weighted by Crippen LogP contribution is -2.48. The van der Waals surface area contributed by atoms with Gasteiger partial charge >= 0.3 is 0 Å². The summed E-state index contributed by atoms with van der Waals surface area (Å²) in [6.07, 6.45) is 3.15. The zero-order valence-corrected chi connectivity index (χ0v) is 17.0. The number of likely N-dealkylation sites (tertiary alicyclic amines) is 1.